The second-order valence-electron chi connectivity index (χ2n) is 8.08. The molecule has 0 spiro atoms. The number of nitrogens with zero attached hydrogens (tertiary/aromatic N) is 4. The van der Waals surface area contributed by atoms with E-state index in [0.29, 0.717) is 11.5 Å². The van der Waals surface area contributed by atoms with Gasteiger partial charge < -0.3 is 10.2 Å². The van der Waals surface area contributed by atoms with Crippen LogP contribution >= 0.6 is 11.3 Å². The number of rotatable bonds is 7. The zero-order valence-electron chi connectivity index (χ0n) is 17.2. The quantitative estimate of drug-likeness (QED) is 0.593. The molecule has 1 aliphatic heterocycles. The molecule has 1 saturated heterocycles. The molecule has 1 unspecified atom stereocenters. The maximum atomic E-state index is 13.1. The van der Waals surface area contributed by atoms with Gasteiger partial charge in [-0.15, -0.1) is 16.4 Å². The van der Waals surface area contributed by atoms with E-state index >= 15 is 0 Å². The van der Waals surface area contributed by atoms with Gasteiger partial charge in [-0.1, -0.05) is 6.07 Å². The third-order valence-corrected chi connectivity index (χ3v) is 6.65. The molecule has 10 heteroatoms. The number of carbonyl (C=O) groups is 2. The van der Waals surface area contributed by atoms with Crippen LogP contribution in [0.2, 0.25) is 0 Å². The number of carbonyl (C=O) groups excluding carboxylic acids is 2. The first-order chi connectivity index (χ1) is 15.5. The zero-order chi connectivity index (χ0) is 22.2. The normalized spacial score (nSPS) is 18.3. The van der Waals surface area contributed by atoms with Gasteiger partial charge in [-0.2, -0.15) is 0 Å². The summed E-state index contributed by atoms with van der Waals surface area (Å²) in [5.74, 6) is -0.603. The Bertz CT molecular complexity index is 1200. The van der Waals surface area contributed by atoms with Crippen molar-refractivity contribution in [2.45, 2.75) is 31.8 Å². The van der Waals surface area contributed by atoms with Crippen molar-refractivity contribution in [2.75, 3.05) is 18.0 Å². The van der Waals surface area contributed by atoms with Gasteiger partial charge in [0.1, 0.15) is 5.82 Å². The van der Waals surface area contributed by atoms with E-state index in [-0.39, 0.29) is 55.4 Å². The predicted octanol–water partition coefficient (Wildman–Crippen LogP) is 2.42. The van der Waals surface area contributed by atoms with Gasteiger partial charge in [-0.05, 0) is 48.6 Å². The molecule has 2 amide bonds. The van der Waals surface area contributed by atoms with Crippen LogP contribution in [0.3, 0.4) is 0 Å². The minimum Gasteiger partial charge on any atom is -0.354 e. The van der Waals surface area contributed by atoms with E-state index in [1.807, 2.05) is 17.5 Å². The number of halogens is 1. The summed E-state index contributed by atoms with van der Waals surface area (Å²) < 4.78 is 16.3. The maximum absolute atomic E-state index is 13.1. The van der Waals surface area contributed by atoms with Crippen LogP contribution in [0.5, 0.6) is 0 Å². The number of anilines is 1. The Morgan fingerprint density at radius 2 is 1.97 bits per heavy atom. The molecular formula is C22H22FN5O3S. The molecule has 0 bridgehead atoms. The van der Waals surface area contributed by atoms with Crippen LogP contribution in [0.15, 0.2) is 46.6 Å². The average molecular weight is 456 g/mol. The smallest absolute Gasteiger partial charge is 0.346 e. The SMILES string of the molecule is O=C(NCCn1nc(-c2cccs2)n(C2CC2)c1=O)C1CC(=O)N(c2ccc(F)cc2)C1. The maximum Gasteiger partial charge on any atom is 0.346 e. The van der Waals surface area contributed by atoms with E-state index < -0.39 is 5.92 Å². The Morgan fingerprint density at radius 1 is 1.19 bits per heavy atom. The highest BCUT2D eigenvalue weighted by Gasteiger charge is 2.35. The number of hydrogen-bond donors (Lipinski definition) is 1. The van der Waals surface area contributed by atoms with E-state index in [4.69, 9.17) is 0 Å². The van der Waals surface area contributed by atoms with Gasteiger partial charge in [0.05, 0.1) is 17.3 Å². The summed E-state index contributed by atoms with van der Waals surface area (Å²) in [7, 11) is 0. The van der Waals surface area contributed by atoms with Gasteiger partial charge in [0, 0.05) is 31.2 Å². The van der Waals surface area contributed by atoms with Crippen molar-refractivity contribution in [3.8, 4) is 10.7 Å². The molecule has 1 aliphatic carbocycles. The van der Waals surface area contributed by atoms with E-state index in [2.05, 4.69) is 10.4 Å². The number of benzene rings is 1. The highest BCUT2D eigenvalue weighted by molar-refractivity contribution is 7.13. The van der Waals surface area contributed by atoms with Crippen LogP contribution in [0, 0.1) is 11.7 Å². The van der Waals surface area contributed by atoms with Gasteiger partial charge >= 0.3 is 5.69 Å². The molecule has 3 heterocycles. The van der Waals surface area contributed by atoms with Crippen molar-refractivity contribution in [1.29, 1.82) is 0 Å². The molecule has 32 heavy (non-hydrogen) atoms. The molecule has 8 nitrogen and oxygen atoms in total. The monoisotopic (exact) mass is 455 g/mol. The third-order valence-electron chi connectivity index (χ3n) is 5.78. The lowest BCUT2D eigenvalue weighted by Crippen LogP contribution is -2.36. The molecule has 1 aromatic carbocycles. The molecular weight excluding hydrogens is 433 g/mol. The van der Waals surface area contributed by atoms with Crippen molar-refractivity contribution >= 4 is 28.8 Å². The minimum absolute atomic E-state index is 0.0992. The zero-order valence-corrected chi connectivity index (χ0v) is 18.1. The first-order valence-electron chi connectivity index (χ1n) is 10.6. The molecule has 0 radical (unpaired) electrons. The van der Waals surface area contributed by atoms with Crippen molar-refractivity contribution in [3.05, 3.63) is 58.1 Å². The van der Waals surface area contributed by atoms with Crippen molar-refractivity contribution in [3.63, 3.8) is 0 Å². The summed E-state index contributed by atoms with van der Waals surface area (Å²) in [5.41, 5.74) is 0.411. The summed E-state index contributed by atoms with van der Waals surface area (Å²) in [5, 5.41) is 9.29. The summed E-state index contributed by atoms with van der Waals surface area (Å²) in [6.07, 6.45) is 2.05. The summed E-state index contributed by atoms with van der Waals surface area (Å²) >= 11 is 1.54. The number of thiophene rings is 1. The fourth-order valence-electron chi connectivity index (χ4n) is 3.98. The lowest BCUT2D eigenvalue weighted by atomic mass is 10.1. The lowest BCUT2D eigenvalue weighted by molar-refractivity contribution is -0.126. The lowest BCUT2D eigenvalue weighted by Gasteiger charge is -2.16. The van der Waals surface area contributed by atoms with Gasteiger partial charge in [0.25, 0.3) is 0 Å². The van der Waals surface area contributed by atoms with Crippen LogP contribution < -0.4 is 15.9 Å². The largest absolute Gasteiger partial charge is 0.354 e. The Morgan fingerprint density at radius 3 is 2.66 bits per heavy atom. The standard InChI is InChI=1S/C22H22FN5O3S/c23-15-3-5-16(6-4-15)26-13-14(12-19(26)29)21(30)24-9-10-27-22(31)28(17-7-8-17)20(25-27)18-2-1-11-32-18/h1-6,11,14,17H,7-10,12-13H2,(H,24,30). The third kappa shape index (κ3) is 3.97. The molecule has 166 valence electrons. The molecule has 5 rings (SSSR count). The van der Waals surface area contributed by atoms with Gasteiger partial charge in [-0.25, -0.2) is 13.9 Å². The van der Waals surface area contributed by atoms with Crippen LogP contribution in [-0.4, -0.2) is 39.3 Å². The molecule has 2 aromatic heterocycles. The van der Waals surface area contributed by atoms with Crippen molar-refractivity contribution < 1.29 is 14.0 Å². The minimum atomic E-state index is -0.491. The summed E-state index contributed by atoms with van der Waals surface area (Å²) in [4.78, 5) is 40.2. The number of hydrogen-bond acceptors (Lipinski definition) is 5. The van der Waals surface area contributed by atoms with E-state index in [1.165, 1.54) is 45.2 Å². The number of nitrogens with one attached hydrogen (secondary N) is 1. The summed E-state index contributed by atoms with van der Waals surface area (Å²) in [6.45, 7) is 0.742. The van der Waals surface area contributed by atoms with E-state index in [0.717, 1.165) is 17.7 Å². The van der Waals surface area contributed by atoms with Crippen LogP contribution in [0.1, 0.15) is 25.3 Å². The number of aromatic nitrogens is 3. The molecule has 1 atom stereocenters. The Balaban J connectivity index is 1.21. The molecule has 1 N–H and O–H groups in total. The molecule has 3 aromatic rings. The molecule has 2 aliphatic rings. The fraction of sp³-hybridized carbons (Fsp3) is 0.364. The first kappa shape index (κ1) is 20.6. The second-order valence-corrected chi connectivity index (χ2v) is 9.03. The Hall–Kier alpha value is -3.27. The molecule has 1 saturated carbocycles. The number of amides is 2. The Kier molecular flexibility index (Phi) is 5.38. The highest BCUT2D eigenvalue weighted by atomic mass is 32.1. The van der Waals surface area contributed by atoms with Gasteiger partial charge in [-0.3, -0.25) is 14.2 Å². The fourth-order valence-corrected chi connectivity index (χ4v) is 4.69. The van der Waals surface area contributed by atoms with Crippen molar-refractivity contribution in [2.24, 2.45) is 5.92 Å². The first-order valence-corrected chi connectivity index (χ1v) is 11.5. The summed E-state index contributed by atoms with van der Waals surface area (Å²) in [6, 6.07) is 9.71. The van der Waals surface area contributed by atoms with Crippen LogP contribution in [-0.2, 0) is 16.1 Å². The second kappa shape index (κ2) is 8.34. The average Bonchev–Trinajstić information content (AvgIpc) is 3.18. The van der Waals surface area contributed by atoms with Crippen LogP contribution in [0.4, 0.5) is 10.1 Å². The van der Waals surface area contributed by atoms with Gasteiger partial charge in [0.2, 0.25) is 11.8 Å². The predicted molar refractivity (Wildman–Crippen MR) is 118 cm³/mol. The Labute approximate surface area is 187 Å². The molecule has 2 fully saturated rings. The topological polar surface area (TPSA) is 89.2 Å². The van der Waals surface area contributed by atoms with Gasteiger partial charge in [0.15, 0.2) is 5.82 Å². The van der Waals surface area contributed by atoms with E-state index in [9.17, 15) is 18.8 Å². The van der Waals surface area contributed by atoms with E-state index in [1.54, 1.807) is 4.57 Å². The van der Waals surface area contributed by atoms with Crippen molar-refractivity contribution in [1.82, 2.24) is 19.7 Å². The van der Waals surface area contributed by atoms with Crippen LogP contribution in [0.25, 0.3) is 10.7 Å². The highest BCUT2D eigenvalue weighted by Crippen LogP contribution is 2.37.